The van der Waals surface area contributed by atoms with Crippen molar-refractivity contribution in [3.8, 4) is 0 Å². The quantitative estimate of drug-likeness (QED) is 0.657. The molecule has 4 heteroatoms. The van der Waals surface area contributed by atoms with Crippen LogP contribution in [0.5, 0.6) is 0 Å². The average molecular weight is 235 g/mol. The maximum absolute atomic E-state index is 11.4. The third kappa shape index (κ3) is 4.87. The van der Waals surface area contributed by atoms with Crippen LogP contribution in [0.1, 0.15) is 30.9 Å². The molecule has 0 heterocycles. The van der Waals surface area contributed by atoms with E-state index in [4.69, 9.17) is 5.73 Å². The minimum Gasteiger partial charge on any atom is -0.338 e. The van der Waals surface area contributed by atoms with Crippen molar-refractivity contribution in [2.45, 2.75) is 32.9 Å². The molecular weight excluding hydrogens is 214 g/mol. The molecule has 0 bridgehead atoms. The molecule has 4 nitrogen and oxygen atoms in total. The van der Waals surface area contributed by atoms with Gasteiger partial charge in [-0.05, 0) is 17.5 Å². The number of nitrogens with two attached hydrogens (primary N) is 1. The van der Waals surface area contributed by atoms with Crippen LogP contribution in [0.3, 0.4) is 0 Å². The van der Waals surface area contributed by atoms with Crippen molar-refractivity contribution < 1.29 is 4.79 Å². The summed E-state index contributed by atoms with van der Waals surface area (Å²) in [5.74, 6) is 0. The molecule has 17 heavy (non-hydrogen) atoms. The predicted octanol–water partition coefficient (Wildman–Crippen LogP) is 1.74. The molecule has 1 aromatic carbocycles. The van der Waals surface area contributed by atoms with E-state index in [-0.39, 0.29) is 6.03 Å². The molecule has 1 rings (SSSR count). The maximum atomic E-state index is 11.4. The Labute approximate surface area is 103 Å². The number of hydrogen-bond acceptors (Lipinski definition) is 2. The van der Waals surface area contributed by atoms with Gasteiger partial charge in [0.1, 0.15) is 0 Å². The Kier molecular flexibility index (Phi) is 6.10. The van der Waals surface area contributed by atoms with Crippen LogP contribution in [0, 0.1) is 0 Å². The lowest BCUT2D eigenvalue weighted by molar-refractivity contribution is 0.240. The van der Waals surface area contributed by atoms with Crippen LogP contribution >= 0.6 is 0 Å². The molecule has 0 atom stereocenters. The highest BCUT2D eigenvalue weighted by atomic mass is 16.2. The summed E-state index contributed by atoms with van der Waals surface area (Å²) < 4.78 is 0. The zero-order valence-corrected chi connectivity index (χ0v) is 10.3. The van der Waals surface area contributed by atoms with Gasteiger partial charge in [0.2, 0.25) is 0 Å². The van der Waals surface area contributed by atoms with Crippen LogP contribution in [-0.2, 0) is 13.1 Å². The largest absolute Gasteiger partial charge is 0.338 e. The van der Waals surface area contributed by atoms with Gasteiger partial charge in [-0.2, -0.15) is 0 Å². The van der Waals surface area contributed by atoms with E-state index >= 15 is 0 Å². The summed E-state index contributed by atoms with van der Waals surface area (Å²) in [7, 11) is 0. The molecule has 0 saturated carbocycles. The second kappa shape index (κ2) is 7.68. The van der Waals surface area contributed by atoms with E-state index in [0.29, 0.717) is 13.1 Å². The summed E-state index contributed by atoms with van der Waals surface area (Å²) in [6.45, 7) is 3.83. The van der Waals surface area contributed by atoms with Gasteiger partial charge in [-0.3, -0.25) is 0 Å². The Bertz CT molecular complexity index is 352. The van der Waals surface area contributed by atoms with Gasteiger partial charge < -0.3 is 16.4 Å². The first-order valence-electron chi connectivity index (χ1n) is 6.06. The van der Waals surface area contributed by atoms with Crippen LogP contribution in [-0.4, -0.2) is 12.6 Å². The Morgan fingerprint density at radius 2 is 1.94 bits per heavy atom. The van der Waals surface area contributed by atoms with Crippen molar-refractivity contribution >= 4 is 6.03 Å². The van der Waals surface area contributed by atoms with E-state index in [9.17, 15) is 4.79 Å². The standard InChI is InChI=1S/C13H21N3O/c1-2-3-8-15-13(17)16-10-12-7-5-4-6-11(12)9-14/h4-7H,2-3,8-10,14H2,1H3,(H2,15,16,17). The van der Waals surface area contributed by atoms with Gasteiger partial charge in [0.25, 0.3) is 0 Å². The van der Waals surface area contributed by atoms with Crippen molar-refractivity contribution in [2.24, 2.45) is 5.73 Å². The van der Waals surface area contributed by atoms with Crippen molar-refractivity contribution in [3.63, 3.8) is 0 Å². The molecule has 0 aliphatic carbocycles. The first kappa shape index (κ1) is 13.5. The fourth-order valence-corrected chi connectivity index (χ4v) is 1.55. The highest BCUT2D eigenvalue weighted by molar-refractivity contribution is 5.73. The summed E-state index contributed by atoms with van der Waals surface area (Å²) in [5.41, 5.74) is 7.77. The monoisotopic (exact) mass is 235 g/mol. The van der Waals surface area contributed by atoms with E-state index in [2.05, 4.69) is 17.6 Å². The zero-order valence-electron chi connectivity index (χ0n) is 10.3. The SMILES string of the molecule is CCCCNC(=O)NCc1ccccc1CN. The number of rotatable bonds is 6. The number of hydrogen-bond donors (Lipinski definition) is 3. The smallest absolute Gasteiger partial charge is 0.315 e. The molecule has 0 unspecified atom stereocenters. The van der Waals surface area contributed by atoms with E-state index < -0.39 is 0 Å². The molecule has 4 N–H and O–H groups in total. The highest BCUT2D eigenvalue weighted by Gasteiger charge is 2.02. The molecular formula is C13H21N3O. The first-order valence-corrected chi connectivity index (χ1v) is 6.06. The molecule has 0 spiro atoms. The predicted molar refractivity (Wildman–Crippen MR) is 69.5 cm³/mol. The number of unbranched alkanes of at least 4 members (excludes halogenated alkanes) is 1. The number of benzene rings is 1. The van der Waals surface area contributed by atoms with Gasteiger partial charge in [-0.25, -0.2) is 4.79 Å². The second-order valence-corrected chi connectivity index (χ2v) is 3.94. The Morgan fingerprint density at radius 1 is 1.24 bits per heavy atom. The summed E-state index contributed by atoms with van der Waals surface area (Å²) in [4.78, 5) is 11.4. The van der Waals surface area contributed by atoms with Crippen molar-refractivity contribution in [1.29, 1.82) is 0 Å². The van der Waals surface area contributed by atoms with Crippen LogP contribution in [0.4, 0.5) is 4.79 Å². The molecule has 94 valence electrons. The molecule has 0 radical (unpaired) electrons. The van der Waals surface area contributed by atoms with E-state index in [1.54, 1.807) is 0 Å². The van der Waals surface area contributed by atoms with Gasteiger partial charge in [-0.1, -0.05) is 37.6 Å². The molecule has 0 aliphatic rings. The number of carbonyl (C=O) groups excluding carboxylic acids is 1. The van der Waals surface area contributed by atoms with Crippen LogP contribution in [0.15, 0.2) is 24.3 Å². The normalized spacial score (nSPS) is 10.0. The molecule has 0 aliphatic heterocycles. The minimum absolute atomic E-state index is 0.120. The second-order valence-electron chi connectivity index (χ2n) is 3.94. The van der Waals surface area contributed by atoms with Gasteiger partial charge >= 0.3 is 6.03 Å². The fourth-order valence-electron chi connectivity index (χ4n) is 1.55. The lowest BCUT2D eigenvalue weighted by Crippen LogP contribution is -2.35. The molecule has 0 aromatic heterocycles. The summed E-state index contributed by atoms with van der Waals surface area (Å²) in [5, 5.41) is 5.64. The van der Waals surface area contributed by atoms with E-state index in [0.717, 1.165) is 30.5 Å². The number of urea groups is 1. The number of nitrogens with one attached hydrogen (secondary N) is 2. The number of amides is 2. The lowest BCUT2D eigenvalue weighted by atomic mass is 10.1. The summed E-state index contributed by atoms with van der Waals surface area (Å²) in [6, 6.07) is 7.74. The third-order valence-electron chi connectivity index (χ3n) is 2.59. The Hall–Kier alpha value is -1.55. The maximum Gasteiger partial charge on any atom is 0.315 e. The topological polar surface area (TPSA) is 67.2 Å². The minimum atomic E-state index is -0.120. The van der Waals surface area contributed by atoms with Crippen molar-refractivity contribution in [3.05, 3.63) is 35.4 Å². The average Bonchev–Trinajstić information content (AvgIpc) is 2.37. The van der Waals surface area contributed by atoms with Crippen molar-refractivity contribution in [2.75, 3.05) is 6.54 Å². The highest BCUT2D eigenvalue weighted by Crippen LogP contribution is 2.06. The Balaban J connectivity index is 2.36. The summed E-state index contributed by atoms with van der Waals surface area (Å²) >= 11 is 0. The van der Waals surface area contributed by atoms with Gasteiger partial charge in [-0.15, -0.1) is 0 Å². The zero-order chi connectivity index (χ0) is 12.5. The van der Waals surface area contributed by atoms with Crippen LogP contribution < -0.4 is 16.4 Å². The van der Waals surface area contributed by atoms with Gasteiger partial charge in [0, 0.05) is 19.6 Å². The number of carbonyl (C=O) groups is 1. The lowest BCUT2D eigenvalue weighted by Gasteiger charge is -2.10. The van der Waals surface area contributed by atoms with Gasteiger partial charge in [0.15, 0.2) is 0 Å². The summed E-state index contributed by atoms with van der Waals surface area (Å²) in [6.07, 6.45) is 2.09. The molecule has 2 amide bonds. The van der Waals surface area contributed by atoms with Crippen LogP contribution in [0.25, 0.3) is 0 Å². The molecule has 1 aromatic rings. The van der Waals surface area contributed by atoms with Crippen molar-refractivity contribution in [1.82, 2.24) is 10.6 Å². The Morgan fingerprint density at radius 3 is 2.59 bits per heavy atom. The van der Waals surface area contributed by atoms with E-state index in [1.165, 1.54) is 0 Å². The third-order valence-corrected chi connectivity index (χ3v) is 2.59. The molecule has 0 fully saturated rings. The van der Waals surface area contributed by atoms with Crippen LogP contribution in [0.2, 0.25) is 0 Å². The van der Waals surface area contributed by atoms with Gasteiger partial charge in [0.05, 0.1) is 0 Å². The first-order chi connectivity index (χ1) is 8.27. The van der Waals surface area contributed by atoms with E-state index in [1.807, 2.05) is 24.3 Å². The fraction of sp³-hybridized carbons (Fsp3) is 0.462. The molecule has 0 saturated heterocycles.